The fraction of sp³-hybridized carbons (Fsp3) is 0.188. The van der Waals surface area contributed by atoms with Crippen LogP contribution in [0.2, 0.25) is 0 Å². The van der Waals surface area contributed by atoms with E-state index in [-0.39, 0.29) is 17.7 Å². The first-order valence-electron chi connectivity index (χ1n) is 6.39. The first-order valence-corrected chi connectivity index (χ1v) is 6.39. The van der Waals surface area contributed by atoms with E-state index in [1.54, 1.807) is 24.3 Å². The van der Waals surface area contributed by atoms with Crippen LogP contribution in [0.5, 0.6) is 11.5 Å². The van der Waals surface area contributed by atoms with Gasteiger partial charge in [-0.25, -0.2) is 4.39 Å². The fourth-order valence-corrected chi connectivity index (χ4v) is 1.68. The van der Waals surface area contributed by atoms with Gasteiger partial charge >= 0.3 is 0 Å². The third-order valence-electron chi connectivity index (χ3n) is 2.58. The van der Waals surface area contributed by atoms with E-state index in [2.05, 4.69) is 5.32 Å². The number of carbonyl (C=O) groups is 1. The van der Waals surface area contributed by atoms with Gasteiger partial charge in [0.1, 0.15) is 5.75 Å². The summed E-state index contributed by atoms with van der Waals surface area (Å²) in [6.45, 7) is 3.73. The van der Waals surface area contributed by atoms with Gasteiger partial charge in [0.05, 0.1) is 0 Å². The zero-order chi connectivity index (χ0) is 14.5. The van der Waals surface area contributed by atoms with Gasteiger partial charge in [0.15, 0.2) is 11.6 Å². The Bertz CT molecular complexity index is 597. The van der Waals surface area contributed by atoms with E-state index in [1.165, 1.54) is 18.2 Å². The first-order chi connectivity index (χ1) is 9.56. The summed E-state index contributed by atoms with van der Waals surface area (Å²) in [6.07, 6.45) is 0. The molecule has 0 saturated carbocycles. The molecule has 0 unspecified atom stereocenters. The number of amides is 1. The Morgan fingerprint density at radius 2 is 1.85 bits per heavy atom. The Labute approximate surface area is 117 Å². The summed E-state index contributed by atoms with van der Waals surface area (Å²) in [5.41, 5.74) is 0.367. The molecule has 1 amide bonds. The van der Waals surface area contributed by atoms with Crippen molar-refractivity contribution in [2.75, 3.05) is 0 Å². The SMILES string of the molecule is CC(C)NC(=O)c1ccc(F)c(Oc2ccccc2)c1. The highest BCUT2D eigenvalue weighted by Gasteiger charge is 2.12. The largest absolute Gasteiger partial charge is 0.454 e. The minimum atomic E-state index is -0.505. The van der Waals surface area contributed by atoms with Crippen LogP contribution in [0.3, 0.4) is 0 Å². The van der Waals surface area contributed by atoms with Crippen LogP contribution in [-0.4, -0.2) is 11.9 Å². The van der Waals surface area contributed by atoms with Crippen molar-refractivity contribution >= 4 is 5.91 Å². The molecule has 0 aliphatic heterocycles. The van der Waals surface area contributed by atoms with E-state index >= 15 is 0 Å². The van der Waals surface area contributed by atoms with Gasteiger partial charge < -0.3 is 10.1 Å². The molecule has 0 aromatic heterocycles. The number of ether oxygens (including phenoxy) is 1. The van der Waals surface area contributed by atoms with E-state index in [0.717, 1.165) is 0 Å². The molecular weight excluding hydrogens is 257 g/mol. The summed E-state index contributed by atoms with van der Waals surface area (Å²) in [5, 5.41) is 2.75. The van der Waals surface area contributed by atoms with Crippen LogP contribution in [0.25, 0.3) is 0 Å². The van der Waals surface area contributed by atoms with Gasteiger partial charge in [-0.15, -0.1) is 0 Å². The first kappa shape index (κ1) is 14.1. The van der Waals surface area contributed by atoms with Crippen LogP contribution < -0.4 is 10.1 Å². The maximum Gasteiger partial charge on any atom is 0.251 e. The molecule has 1 N–H and O–H groups in total. The van der Waals surface area contributed by atoms with Gasteiger partial charge in [-0.3, -0.25) is 4.79 Å². The van der Waals surface area contributed by atoms with Crippen molar-refractivity contribution in [2.45, 2.75) is 19.9 Å². The van der Waals surface area contributed by atoms with E-state index in [9.17, 15) is 9.18 Å². The topological polar surface area (TPSA) is 38.3 Å². The van der Waals surface area contributed by atoms with Crippen molar-refractivity contribution in [3.8, 4) is 11.5 Å². The summed E-state index contributed by atoms with van der Waals surface area (Å²) >= 11 is 0. The molecule has 2 rings (SSSR count). The predicted molar refractivity (Wildman–Crippen MR) is 75.5 cm³/mol. The molecule has 20 heavy (non-hydrogen) atoms. The van der Waals surface area contributed by atoms with Crippen molar-refractivity contribution in [1.82, 2.24) is 5.32 Å². The average Bonchev–Trinajstić information content (AvgIpc) is 2.41. The minimum absolute atomic E-state index is 0.0195. The predicted octanol–water partition coefficient (Wildman–Crippen LogP) is 3.76. The second kappa shape index (κ2) is 6.19. The molecular formula is C16H16FNO2. The third-order valence-corrected chi connectivity index (χ3v) is 2.58. The Balaban J connectivity index is 2.23. The highest BCUT2D eigenvalue weighted by molar-refractivity contribution is 5.94. The number of halogens is 1. The Morgan fingerprint density at radius 3 is 2.50 bits per heavy atom. The lowest BCUT2D eigenvalue weighted by molar-refractivity contribution is 0.0942. The lowest BCUT2D eigenvalue weighted by atomic mass is 10.2. The molecule has 2 aromatic carbocycles. The zero-order valence-corrected chi connectivity index (χ0v) is 11.4. The summed E-state index contributed by atoms with van der Waals surface area (Å²) in [6, 6.07) is 13.0. The summed E-state index contributed by atoms with van der Waals surface area (Å²) < 4.78 is 19.2. The Kier molecular flexibility index (Phi) is 4.35. The highest BCUT2D eigenvalue weighted by atomic mass is 19.1. The van der Waals surface area contributed by atoms with Crippen molar-refractivity contribution < 1.29 is 13.9 Å². The molecule has 0 aliphatic rings. The van der Waals surface area contributed by atoms with Gasteiger partial charge in [-0.05, 0) is 44.2 Å². The minimum Gasteiger partial charge on any atom is -0.454 e. The molecule has 104 valence electrons. The molecule has 0 saturated heterocycles. The normalized spacial score (nSPS) is 10.4. The molecule has 3 nitrogen and oxygen atoms in total. The molecule has 0 fully saturated rings. The quantitative estimate of drug-likeness (QED) is 0.921. The number of para-hydroxylation sites is 1. The highest BCUT2D eigenvalue weighted by Crippen LogP contribution is 2.25. The smallest absolute Gasteiger partial charge is 0.251 e. The van der Waals surface area contributed by atoms with E-state index in [0.29, 0.717) is 11.3 Å². The summed E-state index contributed by atoms with van der Waals surface area (Å²) in [4.78, 5) is 11.9. The molecule has 0 heterocycles. The maximum absolute atomic E-state index is 13.7. The van der Waals surface area contributed by atoms with Crippen molar-refractivity contribution in [3.05, 3.63) is 59.9 Å². The molecule has 0 atom stereocenters. The number of nitrogens with one attached hydrogen (secondary N) is 1. The lowest BCUT2D eigenvalue weighted by Gasteiger charge is -2.11. The van der Waals surface area contributed by atoms with Gasteiger partial charge in [-0.2, -0.15) is 0 Å². The Hall–Kier alpha value is -2.36. The second-order valence-corrected chi connectivity index (χ2v) is 4.69. The second-order valence-electron chi connectivity index (χ2n) is 4.69. The van der Waals surface area contributed by atoms with Gasteiger partial charge in [0, 0.05) is 11.6 Å². The summed E-state index contributed by atoms with van der Waals surface area (Å²) in [5.74, 6) is -0.201. The number of hydrogen-bond donors (Lipinski definition) is 1. The van der Waals surface area contributed by atoms with Crippen molar-refractivity contribution in [2.24, 2.45) is 0 Å². The van der Waals surface area contributed by atoms with E-state index in [4.69, 9.17) is 4.74 Å². The van der Waals surface area contributed by atoms with Gasteiger partial charge in [-0.1, -0.05) is 18.2 Å². The van der Waals surface area contributed by atoms with Crippen molar-refractivity contribution in [1.29, 1.82) is 0 Å². The number of benzene rings is 2. The van der Waals surface area contributed by atoms with Crippen LogP contribution in [0.4, 0.5) is 4.39 Å². The third kappa shape index (κ3) is 3.57. The molecule has 0 aliphatic carbocycles. The van der Waals surface area contributed by atoms with Crippen LogP contribution >= 0.6 is 0 Å². The molecule has 0 radical (unpaired) electrons. The van der Waals surface area contributed by atoms with Crippen LogP contribution in [0.15, 0.2) is 48.5 Å². The molecule has 0 spiro atoms. The zero-order valence-electron chi connectivity index (χ0n) is 11.4. The van der Waals surface area contributed by atoms with E-state index in [1.807, 2.05) is 19.9 Å². The Morgan fingerprint density at radius 1 is 1.15 bits per heavy atom. The molecule has 4 heteroatoms. The monoisotopic (exact) mass is 273 g/mol. The van der Waals surface area contributed by atoms with Gasteiger partial charge in [0.25, 0.3) is 5.91 Å². The molecule has 2 aromatic rings. The number of rotatable bonds is 4. The van der Waals surface area contributed by atoms with Crippen LogP contribution in [0, 0.1) is 5.82 Å². The van der Waals surface area contributed by atoms with Gasteiger partial charge in [0.2, 0.25) is 0 Å². The standard InChI is InChI=1S/C16H16FNO2/c1-11(2)18-16(19)12-8-9-14(17)15(10-12)20-13-6-4-3-5-7-13/h3-11H,1-2H3,(H,18,19). The fourth-order valence-electron chi connectivity index (χ4n) is 1.68. The average molecular weight is 273 g/mol. The summed E-state index contributed by atoms with van der Waals surface area (Å²) in [7, 11) is 0. The molecule has 0 bridgehead atoms. The number of hydrogen-bond acceptors (Lipinski definition) is 2. The van der Waals surface area contributed by atoms with E-state index < -0.39 is 5.82 Å². The van der Waals surface area contributed by atoms with Crippen LogP contribution in [-0.2, 0) is 0 Å². The maximum atomic E-state index is 13.7. The van der Waals surface area contributed by atoms with Crippen molar-refractivity contribution in [3.63, 3.8) is 0 Å². The van der Waals surface area contributed by atoms with Crippen LogP contribution in [0.1, 0.15) is 24.2 Å². The number of carbonyl (C=O) groups excluding carboxylic acids is 1. The lowest BCUT2D eigenvalue weighted by Crippen LogP contribution is -2.30.